The van der Waals surface area contributed by atoms with Crippen molar-refractivity contribution in [2.45, 2.75) is 58.4 Å². The van der Waals surface area contributed by atoms with Gasteiger partial charge in [0.05, 0.1) is 5.92 Å². The molecule has 1 saturated heterocycles. The molecule has 1 amide bonds. The van der Waals surface area contributed by atoms with Crippen molar-refractivity contribution in [2.75, 3.05) is 13.1 Å². The summed E-state index contributed by atoms with van der Waals surface area (Å²) in [6.07, 6.45) is 7.29. The van der Waals surface area contributed by atoms with Gasteiger partial charge in [-0.2, -0.15) is 0 Å². The molecule has 104 valence electrons. The van der Waals surface area contributed by atoms with E-state index in [1.54, 1.807) is 0 Å². The second-order valence-corrected chi connectivity index (χ2v) is 6.33. The quantitative estimate of drug-likeness (QED) is 0.809. The fraction of sp³-hybridized carbons (Fsp3) is 0.933. The molecule has 1 aliphatic carbocycles. The summed E-state index contributed by atoms with van der Waals surface area (Å²) in [6, 6.07) is 0.442. The Bertz CT molecular complexity index is 272. The molecule has 1 saturated carbocycles. The Hall–Kier alpha value is -0.570. The Morgan fingerprint density at radius 2 is 1.94 bits per heavy atom. The van der Waals surface area contributed by atoms with E-state index < -0.39 is 0 Å². The van der Waals surface area contributed by atoms with Crippen LogP contribution in [0, 0.1) is 17.8 Å². The van der Waals surface area contributed by atoms with Crippen molar-refractivity contribution in [1.82, 2.24) is 10.6 Å². The molecule has 2 N–H and O–H groups in total. The molecule has 0 aromatic carbocycles. The Labute approximate surface area is 111 Å². The monoisotopic (exact) mass is 252 g/mol. The number of nitrogens with one attached hydrogen (secondary N) is 2. The number of piperidine rings is 1. The zero-order valence-corrected chi connectivity index (χ0v) is 11.9. The molecule has 2 fully saturated rings. The van der Waals surface area contributed by atoms with Crippen molar-refractivity contribution < 1.29 is 4.79 Å². The van der Waals surface area contributed by atoms with E-state index in [2.05, 4.69) is 24.5 Å². The number of carbonyl (C=O) groups excluding carboxylic acids is 1. The smallest absolute Gasteiger partial charge is 0.224 e. The summed E-state index contributed by atoms with van der Waals surface area (Å²) >= 11 is 0. The summed E-state index contributed by atoms with van der Waals surface area (Å²) in [5.74, 6) is 2.01. The molecule has 2 unspecified atom stereocenters. The third kappa shape index (κ3) is 3.71. The summed E-state index contributed by atoms with van der Waals surface area (Å²) < 4.78 is 0. The molecule has 0 aromatic rings. The van der Waals surface area contributed by atoms with E-state index in [4.69, 9.17) is 0 Å². The first-order valence-corrected chi connectivity index (χ1v) is 7.70. The number of amides is 1. The predicted octanol–water partition coefficient (Wildman–Crippen LogP) is 2.32. The molecule has 1 heterocycles. The minimum absolute atomic E-state index is 0.192. The zero-order chi connectivity index (χ0) is 13.0. The topological polar surface area (TPSA) is 41.1 Å². The molecule has 2 rings (SSSR count). The highest BCUT2D eigenvalue weighted by Crippen LogP contribution is 2.27. The summed E-state index contributed by atoms with van der Waals surface area (Å²) in [4.78, 5) is 12.2. The van der Waals surface area contributed by atoms with Crippen LogP contribution in [0.15, 0.2) is 0 Å². The van der Waals surface area contributed by atoms with E-state index in [1.165, 1.54) is 32.1 Å². The summed E-state index contributed by atoms with van der Waals surface area (Å²) in [6.45, 7) is 6.42. The Kier molecular flexibility index (Phi) is 5.04. The fourth-order valence-electron chi connectivity index (χ4n) is 3.39. The number of hydrogen-bond donors (Lipinski definition) is 2. The predicted molar refractivity (Wildman–Crippen MR) is 74.3 cm³/mol. The van der Waals surface area contributed by atoms with Gasteiger partial charge in [-0.3, -0.25) is 4.79 Å². The van der Waals surface area contributed by atoms with Gasteiger partial charge in [0, 0.05) is 12.6 Å². The van der Waals surface area contributed by atoms with E-state index in [0.29, 0.717) is 12.0 Å². The van der Waals surface area contributed by atoms with Gasteiger partial charge in [0.1, 0.15) is 0 Å². The second kappa shape index (κ2) is 6.55. The molecule has 0 bridgehead atoms. The minimum Gasteiger partial charge on any atom is -0.353 e. The molecule has 0 radical (unpaired) electrons. The van der Waals surface area contributed by atoms with Crippen LogP contribution in [0.3, 0.4) is 0 Å². The molecule has 2 atom stereocenters. The fourth-order valence-corrected chi connectivity index (χ4v) is 3.39. The summed E-state index contributed by atoms with van der Waals surface area (Å²) in [7, 11) is 0. The summed E-state index contributed by atoms with van der Waals surface area (Å²) in [5, 5.41) is 6.63. The lowest BCUT2D eigenvalue weighted by Gasteiger charge is -2.32. The van der Waals surface area contributed by atoms with E-state index in [9.17, 15) is 4.79 Å². The zero-order valence-electron chi connectivity index (χ0n) is 11.9. The van der Waals surface area contributed by atoms with Gasteiger partial charge >= 0.3 is 0 Å². The van der Waals surface area contributed by atoms with Crippen LogP contribution in [-0.2, 0) is 4.79 Å². The van der Waals surface area contributed by atoms with Gasteiger partial charge in [-0.1, -0.05) is 20.3 Å². The lowest BCUT2D eigenvalue weighted by Crippen LogP contribution is -2.47. The van der Waals surface area contributed by atoms with E-state index in [1.807, 2.05) is 0 Å². The van der Waals surface area contributed by atoms with Crippen molar-refractivity contribution in [2.24, 2.45) is 17.8 Å². The maximum atomic E-state index is 12.2. The molecule has 18 heavy (non-hydrogen) atoms. The third-order valence-corrected chi connectivity index (χ3v) is 4.71. The van der Waals surface area contributed by atoms with Gasteiger partial charge in [0.2, 0.25) is 5.91 Å². The van der Waals surface area contributed by atoms with E-state index in [-0.39, 0.29) is 11.8 Å². The third-order valence-electron chi connectivity index (χ3n) is 4.71. The van der Waals surface area contributed by atoms with Gasteiger partial charge in [0.25, 0.3) is 0 Å². The molecule has 0 aromatic heterocycles. The average Bonchev–Trinajstić information content (AvgIpc) is 2.39. The van der Waals surface area contributed by atoms with Gasteiger partial charge in [-0.25, -0.2) is 0 Å². The van der Waals surface area contributed by atoms with Crippen LogP contribution in [0.5, 0.6) is 0 Å². The lowest BCUT2D eigenvalue weighted by molar-refractivity contribution is -0.126. The highest BCUT2D eigenvalue weighted by atomic mass is 16.2. The van der Waals surface area contributed by atoms with Gasteiger partial charge in [0.15, 0.2) is 0 Å². The first-order chi connectivity index (χ1) is 8.69. The SMILES string of the molecule is CCC1CCC(NC(=O)C2CNCC(C)C2)CC1. The molecule has 1 aliphatic heterocycles. The van der Waals surface area contributed by atoms with Crippen LogP contribution < -0.4 is 10.6 Å². The van der Waals surface area contributed by atoms with Gasteiger partial charge in [-0.05, 0) is 50.5 Å². The molecule has 3 nitrogen and oxygen atoms in total. The first kappa shape index (κ1) is 13.9. The van der Waals surface area contributed by atoms with Crippen molar-refractivity contribution in [3.8, 4) is 0 Å². The second-order valence-electron chi connectivity index (χ2n) is 6.33. The maximum Gasteiger partial charge on any atom is 0.224 e. The normalized spacial score (nSPS) is 37.2. The van der Waals surface area contributed by atoms with E-state index in [0.717, 1.165) is 25.4 Å². The minimum atomic E-state index is 0.192. The van der Waals surface area contributed by atoms with Gasteiger partial charge in [-0.15, -0.1) is 0 Å². The number of hydrogen-bond acceptors (Lipinski definition) is 2. The number of carbonyl (C=O) groups is 1. The molecular weight excluding hydrogens is 224 g/mol. The van der Waals surface area contributed by atoms with Crippen LogP contribution in [0.4, 0.5) is 0 Å². The average molecular weight is 252 g/mol. The van der Waals surface area contributed by atoms with Crippen LogP contribution >= 0.6 is 0 Å². The molecule has 0 spiro atoms. The highest BCUT2D eigenvalue weighted by Gasteiger charge is 2.27. The van der Waals surface area contributed by atoms with Crippen molar-refractivity contribution in [3.05, 3.63) is 0 Å². The van der Waals surface area contributed by atoms with Crippen LogP contribution in [0.2, 0.25) is 0 Å². The first-order valence-electron chi connectivity index (χ1n) is 7.70. The Morgan fingerprint density at radius 3 is 2.56 bits per heavy atom. The lowest BCUT2D eigenvalue weighted by atomic mass is 9.84. The van der Waals surface area contributed by atoms with Crippen molar-refractivity contribution >= 4 is 5.91 Å². The standard InChI is InChI=1S/C15H28N2O/c1-3-12-4-6-14(7-5-12)17-15(18)13-8-11(2)9-16-10-13/h11-14,16H,3-10H2,1-2H3,(H,17,18). The number of rotatable bonds is 3. The molecule has 2 aliphatic rings. The maximum absolute atomic E-state index is 12.2. The van der Waals surface area contributed by atoms with E-state index >= 15 is 0 Å². The van der Waals surface area contributed by atoms with Crippen LogP contribution in [-0.4, -0.2) is 25.0 Å². The Balaban J connectivity index is 1.74. The van der Waals surface area contributed by atoms with Crippen LogP contribution in [0.1, 0.15) is 52.4 Å². The molecular formula is C15H28N2O. The Morgan fingerprint density at radius 1 is 1.22 bits per heavy atom. The largest absolute Gasteiger partial charge is 0.353 e. The summed E-state index contributed by atoms with van der Waals surface area (Å²) in [5.41, 5.74) is 0. The molecule has 3 heteroatoms. The highest BCUT2D eigenvalue weighted by molar-refractivity contribution is 5.79. The van der Waals surface area contributed by atoms with Crippen LogP contribution in [0.25, 0.3) is 0 Å². The van der Waals surface area contributed by atoms with Gasteiger partial charge < -0.3 is 10.6 Å². The van der Waals surface area contributed by atoms with Crippen molar-refractivity contribution in [3.63, 3.8) is 0 Å². The van der Waals surface area contributed by atoms with Crippen molar-refractivity contribution in [1.29, 1.82) is 0 Å².